The molecule has 10 heteroatoms. The third-order valence-electron chi connectivity index (χ3n) is 5.76. The number of methoxy groups -OCH3 is 1. The molecule has 1 aromatic heterocycles. The van der Waals surface area contributed by atoms with Crippen LogP contribution in [-0.4, -0.2) is 78.7 Å². The van der Waals surface area contributed by atoms with Gasteiger partial charge in [0.15, 0.2) is 5.82 Å². The summed E-state index contributed by atoms with van der Waals surface area (Å²) in [6.07, 6.45) is 3.07. The van der Waals surface area contributed by atoms with E-state index in [0.717, 1.165) is 25.0 Å². The molecule has 1 aliphatic heterocycles. The van der Waals surface area contributed by atoms with E-state index >= 15 is 0 Å². The second kappa shape index (κ2) is 13.1. The summed E-state index contributed by atoms with van der Waals surface area (Å²) in [5, 5.41) is 19.8. The molecule has 2 aromatic rings. The number of piperidine rings is 1. The number of amides is 2. The number of aryl methyl sites for hydroxylation is 1. The maximum Gasteiger partial charge on any atom is 0.256 e. The van der Waals surface area contributed by atoms with Gasteiger partial charge in [-0.1, -0.05) is 6.07 Å². The molecule has 2 amide bonds. The third-order valence-corrected chi connectivity index (χ3v) is 5.76. The molecule has 1 fully saturated rings. The Hall–Kier alpha value is -2.95. The summed E-state index contributed by atoms with van der Waals surface area (Å²) in [6, 6.07) is 6.39. The molecule has 34 heavy (non-hydrogen) atoms. The van der Waals surface area contributed by atoms with Crippen molar-refractivity contribution in [2.24, 2.45) is 0 Å². The molecule has 0 radical (unpaired) electrons. The molecule has 0 unspecified atom stereocenters. The molecule has 0 spiro atoms. The van der Waals surface area contributed by atoms with Crippen LogP contribution in [0.25, 0.3) is 0 Å². The molecule has 1 saturated heterocycles. The van der Waals surface area contributed by atoms with E-state index in [9.17, 15) is 14.7 Å². The first-order chi connectivity index (χ1) is 16.5. The standard InChI is InChI=1S/C24H34N4O6/c1-17-6-7-18(15-21(17)29)24(31)25-22-16-19(26-27-22)20-5-3-4-9-28(20)23(30)8-10-33-13-14-34-12-11-32-2/h6-7,15-16,20,29H,3-5,8-14H2,1-2H3,(H2,25,26,27,31)/t20-/m1/s1. The van der Waals surface area contributed by atoms with Crippen LogP contribution in [0.15, 0.2) is 24.3 Å². The number of nitrogens with one attached hydrogen (secondary N) is 2. The van der Waals surface area contributed by atoms with Crippen molar-refractivity contribution in [2.45, 2.75) is 38.6 Å². The smallest absolute Gasteiger partial charge is 0.256 e. The quantitative estimate of drug-likeness (QED) is 0.404. The van der Waals surface area contributed by atoms with Gasteiger partial charge in [-0.15, -0.1) is 0 Å². The van der Waals surface area contributed by atoms with E-state index in [4.69, 9.17) is 14.2 Å². The lowest BCUT2D eigenvalue weighted by Crippen LogP contribution is -2.39. The summed E-state index contributed by atoms with van der Waals surface area (Å²) in [7, 11) is 1.62. The van der Waals surface area contributed by atoms with E-state index in [-0.39, 0.29) is 23.6 Å². The Morgan fingerprint density at radius 1 is 1.15 bits per heavy atom. The molecule has 1 aromatic carbocycles. The fraction of sp³-hybridized carbons (Fsp3) is 0.542. The van der Waals surface area contributed by atoms with Gasteiger partial charge in [0.1, 0.15) is 5.75 Å². The zero-order valence-electron chi connectivity index (χ0n) is 19.8. The van der Waals surface area contributed by atoms with Gasteiger partial charge in [-0.2, -0.15) is 5.10 Å². The van der Waals surface area contributed by atoms with Crippen molar-refractivity contribution < 1.29 is 28.9 Å². The van der Waals surface area contributed by atoms with Crippen molar-refractivity contribution in [3.63, 3.8) is 0 Å². The molecule has 3 N–H and O–H groups in total. The predicted molar refractivity (Wildman–Crippen MR) is 126 cm³/mol. The average Bonchev–Trinajstić information content (AvgIpc) is 3.30. The molecule has 0 saturated carbocycles. The van der Waals surface area contributed by atoms with Gasteiger partial charge in [0, 0.05) is 25.3 Å². The number of likely N-dealkylation sites (tertiary alicyclic amines) is 1. The molecule has 186 valence electrons. The average molecular weight is 475 g/mol. The van der Waals surface area contributed by atoms with E-state index in [2.05, 4.69) is 15.5 Å². The van der Waals surface area contributed by atoms with Gasteiger partial charge in [-0.25, -0.2) is 0 Å². The number of anilines is 1. The van der Waals surface area contributed by atoms with Crippen LogP contribution in [0.4, 0.5) is 5.82 Å². The Bertz CT molecular complexity index is 947. The topological polar surface area (TPSA) is 126 Å². The molecule has 10 nitrogen and oxygen atoms in total. The summed E-state index contributed by atoms with van der Waals surface area (Å²) in [5.74, 6) is 0.0951. The van der Waals surface area contributed by atoms with Crippen LogP contribution in [0.2, 0.25) is 0 Å². The van der Waals surface area contributed by atoms with Crippen LogP contribution in [0.5, 0.6) is 5.75 Å². The van der Waals surface area contributed by atoms with Crippen LogP contribution >= 0.6 is 0 Å². The Kier molecular flexibility index (Phi) is 9.87. The summed E-state index contributed by atoms with van der Waals surface area (Å²) < 4.78 is 15.8. The normalized spacial score (nSPS) is 15.9. The Labute approximate surface area is 199 Å². The van der Waals surface area contributed by atoms with Crippen molar-refractivity contribution in [1.29, 1.82) is 0 Å². The van der Waals surface area contributed by atoms with Gasteiger partial charge >= 0.3 is 0 Å². The first kappa shape index (κ1) is 25.7. The minimum atomic E-state index is -0.367. The highest BCUT2D eigenvalue weighted by Gasteiger charge is 2.29. The second-order valence-corrected chi connectivity index (χ2v) is 8.23. The molecule has 3 rings (SSSR count). The highest BCUT2D eigenvalue weighted by Crippen LogP contribution is 2.31. The molecule has 1 aliphatic rings. The largest absolute Gasteiger partial charge is 0.508 e. The number of aromatic hydroxyl groups is 1. The Morgan fingerprint density at radius 2 is 1.91 bits per heavy atom. The number of carbonyl (C=O) groups is 2. The number of rotatable bonds is 12. The Morgan fingerprint density at radius 3 is 2.68 bits per heavy atom. The lowest BCUT2D eigenvalue weighted by Gasteiger charge is -2.35. The number of hydrogen-bond donors (Lipinski definition) is 3. The second-order valence-electron chi connectivity index (χ2n) is 8.23. The number of phenols is 1. The first-order valence-corrected chi connectivity index (χ1v) is 11.6. The number of hydrogen-bond acceptors (Lipinski definition) is 7. The molecular weight excluding hydrogens is 440 g/mol. The minimum absolute atomic E-state index is 0.0281. The van der Waals surface area contributed by atoms with Crippen molar-refractivity contribution >= 4 is 17.6 Å². The lowest BCUT2D eigenvalue weighted by atomic mass is 9.99. The van der Waals surface area contributed by atoms with Gasteiger partial charge in [-0.3, -0.25) is 14.7 Å². The fourth-order valence-electron chi connectivity index (χ4n) is 3.83. The number of ether oxygens (including phenoxy) is 3. The van der Waals surface area contributed by atoms with Crippen molar-refractivity contribution in [2.75, 3.05) is 52.0 Å². The highest BCUT2D eigenvalue weighted by molar-refractivity contribution is 6.04. The molecule has 1 atom stereocenters. The molecule has 2 heterocycles. The van der Waals surface area contributed by atoms with Crippen molar-refractivity contribution in [3.05, 3.63) is 41.1 Å². The SMILES string of the molecule is COCCOCCOCCC(=O)N1CCCC[C@@H]1c1cc(NC(=O)c2ccc(C)c(O)c2)n[nH]1. The van der Waals surface area contributed by atoms with Gasteiger partial charge in [0.05, 0.1) is 51.2 Å². The van der Waals surface area contributed by atoms with E-state index < -0.39 is 0 Å². The minimum Gasteiger partial charge on any atom is -0.508 e. The van der Waals surface area contributed by atoms with Crippen LogP contribution in [-0.2, 0) is 19.0 Å². The zero-order chi connectivity index (χ0) is 24.3. The summed E-state index contributed by atoms with van der Waals surface area (Å²) in [5.41, 5.74) is 1.82. The number of phenolic OH excluding ortho intramolecular Hbond substituents is 1. The number of nitrogens with zero attached hydrogens (tertiary/aromatic N) is 2. The van der Waals surface area contributed by atoms with Crippen LogP contribution in [0, 0.1) is 6.92 Å². The molecule has 0 bridgehead atoms. The molecular formula is C24H34N4O6. The van der Waals surface area contributed by atoms with Gasteiger partial charge in [0.2, 0.25) is 5.91 Å². The monoisotopic (exact) mass is 474 g/mol. The van der Waals surface area contributed by atoms with E-state index in [1.165, 1.54) is 6.07 Å². The zero-order valence-corrected chi connectivity index (χ0v) is 19.8. The number of aromatic nitrogens is 2. The predicted octanol–water partition coefficient (Wildman–Crippen LogP) is 2.80. The van der Waals surface area contributed by atoms with Gasteiger partial charge < -0.3 is 29.5 Å². The molecule has 0 aliphatic carbocycles. The fourth-order valence-corrected chi connectivity index (χ4v) is 3.83. The van der Waals surface area contributed by atoms with Gasteiger partial charge in [0.25, 0.3) is 5.91 Å². The number of H-pyrrole nitrogens is 1. The summed E-state index contributed by atoms with van der Waals surface area (Å²) in [6.45, 7) is 4.74. The van der Waals surface area contributed by atoms with Crippen molar-refractivity contribution in [3.8, 4) is 5.75 Å². The first-order valence-electron chi connectivity index (χ1n) is 11.6. The van der Waals surface area contributed by atoms with Crippen LogP contribution in [0.1, 0.15) is 53.3 Å². The summed E-state index contributed by atoms with van der Waals surface area (Å²) >= 11 is 0. The number of benzene rings is 1. The number of aromatic amines is 1. The van der Waals surface area contributed by atoms with E-state index in [0.29, 0.717) is 62.9 Å². The third kappa shape index (κ3) is 7.28. The summed E-state index contributed by atoms with van der Waals surface area (Å²) in [4.78, 5) is 27.2. The van der Waals surface area contributed by atoms with E-state index in [1.54, 1.807) is 32.2 Å². The number of carbonyl (C=O) groups excluding carboxylic acids is 2. The van der Waals surface area contributed by atoms with Gasteiger partial charge in [-0.05, 0) is 43.9 Å². The highest BCUT2D eigenvalue weighted by atomic mass is 16.5. The maximum atomic E-state index is 12.9. The van der Waals surface area contributed by atoms with Crippen LogP contribution in [0.3, 0.4) is 0 Å². The van der Waals surface area contributed by atoms with Crippen LogP contribution < -0.4 is 5.32 Å². The lowest BCUT2D eigenvalue weighted by molar-refractivity contribution is -0.136. The maximum absolute atomic E-state index is 12.9. The van der Waals surface area contributed by atoms with E-state index in [1.807, 2.05) is 4.90 Å². The Balaban J connectivity index is 1.51. The van der Waals surface area contributed by atoms with Crippen molar-refractivity contribution in [1.82, 2.24) is 15.1 Å².